The molecule has 0 atom stereocenters. The number of aryl methyl sites for hydroxylation is 1. The van der Waals surface area contributed by atoms with E-state index >= 15 is 0 Å². The molecule has 0 spiro atoms. The average Bonchev–Trinajstić information content (AvgIpc) is 2.81. The summed E-state index contributed by atoms with van der Waals surface area (Å²) in [5.74, 6) is 0. The molecule has 3 aromatic rings. The molecule has 2 aromatic carbocycles. The fourth-order valence-corrected chi connectivity index (χ4v) is 2.56. The van der Waals surface area contributed by atoms with Gasteiger partial charge in [0.15, 0.2) is 0 Å². The quantitative estimate of drug-likeness (QED) is 0.673. The van der Waals surface area contributed by atoms with Crippen molar-refractivity contribution in [3.63, 3.8) is 0 Å². The maximum atomic E-state index is 3.50. The van der Waals surface area contributed by atoms with E-state index in [4.69, 9.17) is 0 Å². The first-order chi connectivity index (χ1) is 8.76. The number of H-pyrrole nitrogens is 1. The highest BCUT2D eigenvalue weighted by Gasteiger charge is 2.03. The van der Waals surface area contributed by atoms with Crippen molar-refractivity contribution in [2.24, 2.45) is 0 Å². The molecule has 0 bridgehead atoms. The van der Waals surface area contributed by atoms with E-state index in [-0.39, 0.29) is 0 Å². The van der Waals surface area contributed by atoms with E-state index in [9.17, 15) is 0 Å². The normalized spacial score (nSPS) is 11.0. The van der Waals surface area contributed by atoms with Crippen LogP contribution in [0.25, 0.3) is 22.2 Å². The predicted molar refractivity (Wildman–Crippen MR) is 80.8 cm³/mol. The lowest BCUT2D eigenvalue weighted by Crippen LogP contribution is -1.81. The van der Waals surface area contributed by atoms with Crippen molar-refractivity contribution in [2.75, 3.05) is 0 Å². The van der Waals surface area contributed by atoms with Crippen LogP contribution in [0.1, 0.15) is 12.5 Å². The number of hydrogen-bond donors (Lipinski definition) is 1. The molecule has 1 N–H and O–H groups in total. The molecule has 0 radical (unpaired) electrons. The summed E-state index contributed by atoms with van der Waals surface area (Å²) in [5, 5.41) is 1.24. The second-order valence-corrected chi connectivity index (χ2v) is 5.38. The van der Waals surface area contributed by atoms with Crippen molar-refractivity contribution in [2.45, 2.75) is 13.3 Å². The van der Waals surface area contributed by atoms with E-state index in [1.165, 1.54) is 27.7 Å². The molecule has 0 saturated carbocycles. The maximum absolute atomic E-state index is 3.50. The first-order valence-corrected chi connectivity index (χ1v) is 6.93. The van der Waals surface area contributed by atoms with Crippen LogP contribution in [0.2, 0.25) is 0 Å². The van der Waals surface area contributed by atoms with Gasteiger partial charge in [0, 0.05) is 21.1 Å². The Kier molecular flexibility index (Phi) is 2.96. The van der Waals surface area contributed by atoms with E-state index in [0.29, 0.717) is 0 Å². The SMILES string of the molecule is CCc1ccc(-c2cc3cc(Br)ccc3[nH]2)cc1. The average molecular weight is 300 g/mol. The Morgan fingerprint density at radius 1 is 1.00 bits per heavy atom. The number of hydrogen-bond acceptors (Lipinski definition) is 0. The molecule has 1 heterocycles. The summed E-state index contributed by atoms with van der Waals surface area (Å²) in [6, 6.07) is 17.2. The summed E-state index contributed by atoms with van der Waals surface area (Å²) in [6.45, 7) is 2.18. The molecule has 0 aliphatic carbocycles. The summed E-state index contributed by atoms with van der Waals surface area (Å²) in [5.41, 5.74) is 4.95. The standard InChI is InChI=1S/C16H14BrN/c1-2-11-3-5-12(6-4-11)16-10-13-9-14(17)7-8-15(13)18-16/h3-10,18H,2H2,1H3. The Morgan fingerprint density at radius 2 is 1.78 bits per heavy atom. The van der Waals surface area contributed by atoms with Gasteiger partial charge in [-0.05, 0) is 41.8 Å². The van der Waals surface area contributed by atoms with Gasteiger partial charge in [-0.2, -0.15) is 0 Å². The predicted octanol–water partition coefficient (Wildman–Crippen LogP) is 5.16. The second-order valence-electron chi connectivity index (χ2n) is 4.47. The van der Waals surface area contributed by atoms with Crippen LogP contribution in [0.15, 0.2) is 53.0 Å². The van der Waals surface area contributed by atoms with E-state index in [1.54, 1.807) is 0 Å². The molecule has 0 amide bonds. The van der Waals surface area contributed by atoms with Crippen LogP contribution in [-0.4, -0.2) is 4.98 Å². The fourth-order valence-electron chi connectivity index (χ4n) is 2.18. The third-order valence-electron chi connectivity index (χ3n) is 3.26. The largest absolute Gasteiger partial charge is 0.355 e. The van der Waals surface area contributed by atoms with Crippen molar-refractivity contribution in [3.05, 3.63) is 58.6 Å². The Hall–Kier alpha value is -1.54. The zero-order valence-corrected chi connectivity index (χ0v) is 11.8. The molecule has 3 rings (SSSR count). The van der Waals surface area contributed by atoms with Crippen molar-refractivity contribution in [3.8, 4) is 11.3 Å². The van der Waals surface area contributed by atoms with Crippen LogP contribution in [-0.2, 0) is 6.42 Å². The van der Waals surface area contributed by atoms with Crippen LogP contribution < -0.4 is 0 Å². The van der Waals surface area contributed by atoms with Gasteiger partial charge < -0.3 is 4.98 Å². The summed E-state index contributed by atoms with van der Waals surface area (Å²) in [7, 11) is 0. The molecule has 1 nitrogen and oxygen atoms in total. The Balaban J connectivity index is 2.07. The molecular formula is C16H14BrN. The van der Waals surface area contributed by atoms with E-state index in [2.05, 4.69) is 76.4 Å². The third kappa shape index (κ3) is 2.08. The molecule has 0 saturated heterocycles. The minimum Gasteiger partial charge on any atom is -0.355 e. The molecular weight excluding hydrogens is 286 g/mol. The van der Waals surface area contributed by atoms with Gasteiger partial charge >= 0.3 is 0 Å². The first kappa shape index (κ1) is 11.5. The molecule has 18 heavy (non-hydrogen) atoms. The lowest BCUT2D eigenvalue weighted by molar-refractivity contribution is 1.14. The van der Waals surface area contributed by atoms with Gasteiger partial charge in [0.25, 0.3) is 0 Å². The minimum atomic E-state index is 1.08. The summed E-state index contributed by atoms with van der Waals surface area (Å²) in [4.78, 5) is 3.46. The van der Waals surface area contributed by atoms with Crippen molar-refractivity contribution in [1.29, 1.82) is 0 Å². The van der Waals surface area contributed by atoms with Gasteiger partial charge in [0.05, 0.1) is 0 Å². The van der Waals surface area contributed by atoms with Crippen molar-refractivity contribution >= 4 is 26.8 Å². The molecule has 0 aliphatic rings. The molecule has 0 unspecified atom stereocenters. The van der Waals surface area contributed by atoms with Crippen LogP contribution in [0, 0.1) is 0 Å². The summed E-state index contributed by atoms with van der Waals surface area (Å²) in [6.07, 6.45) is 1.08. The molecule has 0 aliphatic heterocycles. The van der Waals surface area contributed by atoms with Gasteiger partial charge in [0.2, 0.25) is 0 Å². The number of benzene rings is 2. The van der Waals surface area contributed by atoms with Gasteiger partial charge in [-0.15, -0.1) is 0 Å². The van der Waals surface area contributed by atoms with Crippen LogP contribution >= 0.6 is 15.9 Å². The highest BCUT2D eigenvalue weighted by Crippen LogP contribution is 2.26. The monoisotopic (exact) mass is 299 g/mol. The zero-order valence-electron chi connectivity index (χ0n) is 10.2. The number of aromatic nitrogens is 1. The number of aromatic amines is 1. The second kappa shape index (κ2) is 4.62. The summed E-state index contributed by atoms with van der Waals surface area (Å²) < 4.78 is 1.11. The topological polar surface area (TPSA) is 15.8 Å². The van der Waals surface area contributed by atoms with Gasteiger partial charge in [0.1, 0.15) is 0 Å². The number of halogens is 1. The number of fused-ring (bicyclic) bond motifs is 1. The fraction of sp³-hybridized carbons (Fsp3) is 0.125. The smallest absolute Gasteiger partial charge is 0.0464 e. The van der Waals surface area contributed by atoms with Crippen LogP contribution in [0.3, 0.4) is 0 Å². The minimum absolute atomic E-state index is 1.08. The van der Waals surface area contributed by atoms with Crippen molar-refractivity contribution in [1.82, 2.24) is 4.98 Å². The molecule has 2 heteroatoms. The van der Waals surface area contributed by atoms with E-state index in [1.807, 2.05) is 0 Å². The van der Waals surface area contributed by atoms with E-state index in [0.717, 1.165) is 10.9 Å². The third-order valence-corrected chi connectivity index (χ3v) is 3.75. The Morgan fingerprint density at radius 3 is 2.50 bits per heavy atom. The van der Waals surface area contributed by atoms with Crippen LogP contribution in [0.5, 0.6) is 0 Å². The number of nitrogens with one attached hydrogen (secondary N) is 1. The van der Waals surface area contributed by atoms with Crippen molar-refractivity contribution < 1.29 is 0 Å². The number of rotatable bonds is 2. The maximum Gasteiger partial charge on any atom is 0.0464 e. The first-order valence-electron chi connectivity index (χ1n) is 6.14. The molecule has 90 valence electrons. The molecule has 1 aromatic heterocycles. The zero-order chi connectivity index (χ0) is 12.5. The van der Waals surface area contributed by atoms with Gasteiger partial charge in [-0.25, -0.2) is 0 Å². The Bertz CT molecular complexity index is 680. The summed E-state index contributed by atoms with van der Waals surface area (Å²) >= 11 is 3.50. The molecule has 0 fully saturated rings. The van der Waals surface area contributed by atoms with E-state index < -0.39 is 0 Å². The highest BCUT2D eigenvalue weighted by molar-refractivity contribution is 9.10. The lowest BCUT2D eigenvalue weighted by atomic mass is 10.1. The lowest BCUT2D eigenvalue weighted by Gasteiger charge is -1.99. The van der Waals surface area contributed by atoms with Gasteiger partial charge in [-0.1, -0.05) is 47.1 Å². The highest BCUT2D eigenvalue weighted by atomic mass is 79.9. The van der Waals surface area contributed by atoms with Crippen LogP contribution in [0.4, 0.5) is 0 Å². The van der Waals surface area contributed by atoms with Gasteiger partial charge in [-0.3, -0.25) is 0 Å². The Labute approximate surface area is 115 Å².